The molecular formula is C13H18N4O. The molecule has 1 aromatic heterocycles. The lowest BCUT2D eigenvalue weighted by atomic mass is 10.1. The largest absolute Gasteiger partial charge is 0.380 e. The smallest absolute Gasteiger partial charge is 0.165 e. The van der Waals surface area contributed by atoms with Crippen molar-refractivity contribution < 1.29 is 4.74 Å². The lowest BCUT2D eigenvalue weighted by molar-refractivity contribution is 0.138. The Labute approximate surface area is 107 Å². The summed E-state index contributed by atoms with van der Waals surface area (Å²) in [6.07, 6.45) is 3.19. The topological polar surface area (TPSA) is 54.1 Å². The fraction of sp³-hybridized carbons (Fsp3) is 0.692. The van der Waals surface area contributed by atoms with Gasteiger partial charge in [0.05, 0.1) is 12.3 Å². The summed E-state index contributed by atoms with van der Waals surface area (Å²) in [5.41, 5.74) is 2.97. The molecule has 2 aliphatic heterocycles. The van der Waals surface area contributed by atoms with Gasteiger partial charge in [-0.2, -0.15) is 10.4 Å². The lowest BCUT2D eigenvalue weighted by Crippen LogP contribution is -2.35. The molecule has 3 rings (SSSR count). The molecule has 0 aromatic carbocycles. The van der Waals surface area contributed by atoms with E-state index in [0.717, 1.165) is 51.1 Å². The Morgan fingerprint density at radius 3 is 3.11 bits per heavy atom. The van der Waals surface area contributed by atoms with E-state index in [9.17, 15) is 0 Å². The second-order valence-corrected chi connectivity index (χ2v) is 5.10. The monoisotopic (exact) mass is 246 g/mol. The van der Waals surface area contributed by atoms with E-state index in [1.54, 1.807) is 0 Å². The first-order chi connectivity index (χ1) is 8.79. The van der Waals surface area contributed by atoms with E-state index < -0.39 is 0 Å². The molecule has 5 heteroatoms. The minimum atomic E-state index is 0.538. The van der Waals surface area contributed by atoms with Crippen LogP contribution in [0.5, 0.6) is 0 Å². The van der Waals surface area contributed by atoms with Crippen LogP contribution in [0.25, 0.3) is 0 Å². The number of aryl methyl sites for hydroxylation is 1. The van der Waals surface area contributed by atoms with Crippen LogP contribution in [0, 0.1) is 11.3 Å². The zero-order valence-corrected chi connectivity index (χ0v) is 10.7. The van der Waals surface area contributed by atoms with Crippen LogP contribution < -0.4 is 0 Å². The first-order valence-electron chi connectivity index (χ1n) is 6.56. The van der Waals surface area contributed by atoms with Gasteiger partial charge >= 0.3 is 0 Å². The van der Waals surface area contributed by atoms with Gasteiger partial charge in [0.25, 0.3) is 0 Å². The first kappa shape index (κ1) is 11.7. The second-order valence-electron chi connectivity index (χ2n) is 5.10. The quantitative estimate of drug-likeness (QED) is 0.736. The molecule has 2 aliphatic rings. The summed E-state index contributed by atoms with van der Waals surface area (Å²) >= 11 is 0. The molecule has 1 atom stereocenters. The predicted octanol–water partition coefficient (Wildman–Crippen LogP) is 0.829. The van der Waals surface area contributed by atoms with Gasteiger partial charge in [-0.15, -0.1) is 0 Å². The average Bonchev–Trinajstić information content (AvgIpc) is 2.93. The Hall–Kier alpha value is -1.38. The Kier molecular flexibility index (Phi) is 3.06. The number of hydrogen-bond acceptors (Lipinski definition) is 4. The van der Waals surface area contributed by atoms with Gasteiger partial charge in [-0.05, 0) is 25.8 Å². The average molecular weight is 246 g/mol. The first-order valence-corrected chi connectivity index (χ1v) is 6.56. The molecule has 96 valence electrons. The van der Waals surface area contributed by atoms with E-state index in [2.05, 4.69) is 16.1 Å². The molecule has 0 amide bonds. The summed E-state index contributed by atoms with van der Waals surface area (Å²) in [5.74, 6) is 0. The molecule has 0 aliphatic carbocycles. The molecule has 0 bridgehead atoms. The molecule has 1 saturated heterocycles. The molecule has 0 unspecified atom stereocenters. The number of rotatable bonds is 1. The number of nitriles is 1. The van der Waals surface area contributed by atoms with Gasteiger partial charge in [0.15, 0.2) is 5.69 Å². The van der Waals surface area contributed by atoms with E-state index in [-0.39, 0.29) is 0 Å². The third kappa shape index (κ3) is 1.92. The van der Waals surface area contributed by atoms with E-state index in [4.69, 9.17) is 10.00 Å². The van der Waals surface area contributed by atoms with Gasteiger partial charge in [0.1, 0.15) is 6.07 Å². The van der Waals surface area contributed by atoms with Crippen molar-refractivity contribution in [1.82, 2.24) is 14.7 Å². The highest BCUT2D eigenvalue weighted by Crippen LogP contribution is 2.24. The number of hydrogen-bond donors (Lipinski definition) is 0. The van der Waals surface area contributed by atoms with Crippen LogP contribution in [0.3, 0.4) is 0 Å². The van der Waals surface area contributed by atoms with E-state index in [1.807, 2.05) is 11.7 Å². The standard InChI is InChI=1S/C13H18N4O/c1-16-13-8-17(10-4-6-18-9-10)5-2-3-11(13)12(7-14)15-16/h10H,2-6,8-9H2,1H3/t10-/m1/s1. The molecule has 0 N–H and O–H groups in total. The summed E-state index contributed by atoms with van der Waals surface area (Å²) in [5, 5.41) is 13.4. The van der Waals surface area contributed by atoms with Gasteiger partial charge in [0.2, 0.25) is 0 Å². The Morgan fingerprint density at radius 2 is 2.39 bits per heavy atom. The number of aromatic nitrogens is 2. The summed E-state index contributed by atoms with van der Waals surface area (Å²) in [6, 6.07) is 2.75. The maximum absolute atomic E-state index is 9.12. The molecular weight excluding hydrogens is 228 g/mol. The predicted molar refractivity (Wildman–Crippen MR) is 65.9 cm³/mol. The van der Waals surface area contributed by atoms with E-state index in [0.29, 0.717) is 11.7 Å². The van der Waals surface area contributed by atoms with Crippen molar-refractivity contribution in [3.8, 4) is 6.07 Å². The lowest BCUT2D eigenvalue weighted by Gasteiger charge is -2.26. The SMILES string of the molecule is Cn1nc(C#N)c2c1CN([C@@H]1CCOC1)CCC2. The molecule has 5 nitrogen and oxygen atoms in total. The summed E-state index contributed by atoms with van der Waals surface area (Å²) in [4.78, 5) is 2.49. The van der Waals surface area contributed by atoms with E-state index >= 15 is 0 Å². The third-order valence-corrected chi connectivity index (χ3v) is 4.03. The van der Waals surface area contributed by atoms with Crippen molar-refractivity contribution in [1.29, 1.82) is 5.26 Å². The normalized spacial score (nSPS) is 24.6. The van der Waals surface area contributed by atoms with Crippen LogP contribution in [0.2, 0.25) is 0 Å². The highest BCUT2D eigenvalue weighted by atomic mass is 16.5. The van der Waals surface area contributed by atoms with Crippen molar-refractivity contribution in [3.63, 3.8) is 0 Å². The molecule has 1 fully saturated rings. The second kappa shape index (κ2) is 4.71. The fourth-order valence-corrected chi connectivity index (χ4v) is 3.01. The van der Waals surface area contributed by atoms with Crippen molar-refractivity contribution in [3.05, 3.63) is 17.0 Å². The number of nitrogens with zero attached hydrogens (tertiary/aromatic N) is 4. The van der Waals surface area contributed by atoms with Crippen LogP contribution in [0.4, 0.5) is 0 Å². The molecule has 0 radical (unpaired) electrons. The number of fused-ring (bicyclic) bond motifs is 1. The molecule has 18 heavy (non-hydrogen) atoms. The maximum Gasteiger partial charge on any atom is 0.165 e. The van der Waals surface area contributed by atoms with Crippen LogP contribution in [0.1, 0.15) is 29.8 Å². The van der Waals surface area contributed by atoms with Gasteiger partial charge in [-0.25, -0.2) is 0 Å². The summed E-state index contributed by atoms with van der Waals surface area (Å²) < 4.78 is 7.36. The zero-order valence-electron chi connectivity index (χ0n) is 10.7. The maximum atomic E-state index is 9.12. The highest BCUT2D eigenvalue weighted by molar-refractivity contribution is 5.36. The molecule has 1 aromatic rings. The fourth-order valence-electron chi connectivity index (χ4n) is 3.01. The molecule has 0 spiro atoms. The van der Waals surface area contributed by atoms with Crippen molar-refractivity contribution in [2.24, 2.45) is 7.05 Å². The molecule has 0 saturated carbocycles. The highest BCUT2D eigenvalue weighted by Gasteiger charge is 2.28. The van der Waals surface area contributed by atoms with Gasteiger partial charge in [-0.3, -0.25) is 9.58 Å². The number of ether oxygens (including phenoxy) is 1. The Morgan fingerprint density at radius 1 is 1.50 bits per heavy atom. The summed E-state index contributed by atoms with van der Waals surface area (Å²) in [7, 11) is 1.94. The Bertz CT molecular complexity index is 482. The molecule has 3 heterocycles. The van der Waals surface area contributed by atoms with Crippen LogP contribution >= 0.6 is 0 Å². The minimum Gasteiger partial charge on any atom is -0.380 e. The van der Waals surface area contributed by atoms with Gasteiger partial charge in [-0.1, -0.05) is 0 Å². The minimum absolute atomic E-state index is 0.538. The zero-order chi connectivity index (χ0) is 12.5. The van der Waals surface area contributed by atoms with Crippen LogP contribution in [-0.4, -0.2) is 40.5 Å². The van der Waals surface area contributed by atoms with Crippen molar-refractivity contribution in [2.45, 2.75) is 31.8 Å². The van der Waals surface area contributed by atoms with E-state index in [1.165, 1.54) is 5.69 Å². The van der Waals surface area contributed by atoms with Crippen molar-refractivity contribution in [2.75, 3.05) is 19.8 Å². The van der Waals surface area contributed by atoms with Gasteiger partial charge in [0, 0.05) is 31.8 Å². The Balaban J connectivity index is 1.88. The van der Waals surface area contributed by atoms with Gasteiger partial charge < -0.3 is 4.74 Å². The third-order valence-electron chi connectivity index (χ3n) is 4.03. The van der Waals surface area contributed by atoms with Crippen LogP contribution in [-0.2, 0) is 24.8 Å². The van der Waals surface area contributed by atoms with Crippen molar-refractivity contribution >= 4 is 0 Å². The van der Waals surface area contributed by atoms with Crippen LogP contribution in [0.15, 0.2) is 0 Å². The summed E-state index contributed by atoms with van der Waals surface area (Å²) in [6.45, 7) is 3.71.